The number of carbonyl (C=O) groups is 1. The van der Waals surface area contributed by atoms with Gasteiger partial charge in [-0.3, -0.25) is 10.2 Å². The molecule has 2 aliphatic rings. The Morgan fingerprint density at radius 2 is 1.62 bits per heavy atom. The van der Waals surface area contributed by atoms with E-state index in [1.165, 1.54) is 22.3 Å². The molecule has 1 amide bonds. The summed E-state index contributed by atoms with van der Waals surface area (Å²) in [6.45, 7) is 9.21. The number of hydrogen-bond donors (Lipinski definition) is 1. The predicted molar refractivity (Wildman–Crippen MR) is 165 cm³/mol. The Labute approximate surface area is 244 Å². The average Bonchev–Trinajstić information content (AvgIpc) is 3.34. The number of fused-ring (bicyclic) bond motifs is 1. The summed E-state index contributed by atoms with van der Waals surface area (Å²) in [7, 11) is 0. The van der Waals surface area contributed by atoms with Crippen LogP contribution in [-0.2, 0) is 4.79 Å². The molecular formula is C31H31ClN4O3S. The fraction of sp³-hybridized carbons (Fsp3) is 0.226. The van der Waals surface area contributed by atoms with Crippen molar-refractivity contribution in [1.82, 2.24) is 5.01 Å². The van der Waals surface area contributed by atoms with Crippen LogP contribution in [0.15, 0.2) is 82.4 Å². The lowest BCUT2D eigenvalue weighted by atomic mass is 10.0. The summed E-state index contributed by atoms with van der Waals surface area (Å²) in [6, 6.07) is 21.6. The Bertz CT molecular complexity index is 1510. The molecule has 40 heavy (non-hydrogen) atoms. The minimum atomic E-state index is -0.450. The average molecular weight is 575 g/mol. The normalized spacial score (nSPS) is 15.5. The van der Waals surface area contributed by atoms with E-state index in [2.05, 4.69) is 49.1 Å². The van der Waals surface area contributed by atoms with Gasteiger partial charge < -0.3 is 9.47 Å². The standard InChI is InChI=1S/C31H30N4O3S.ClH/c1-19(2)25-14-7-21(4)17-27(25)38-16-15-37-24-12-8-22(9-13-24)18-26-28(32)35-31(33-29(26)36)39-30(34-35)23-10-5-20(3)6-11-23;/h5-14,17-19,32H,15-16H2,1-4H3;1H/b26-18+,32-28?;. The summed E-state index contributed by atoms with van der Waals surface area (Å²) in [5.74, 6) is 1.53. The highest BCUT2D eigenvalue weighted by Gasteiger charge is 2.36. The number of thioether (sulfide) groups is 1. The molecule has 7 nitrogen and oxygen atoms in total. The molecule has 0 aromatic heterocycles. The number of nitrogens with zero attached hydrogens (tertiary/aromatic N) is 3. The molecule has 0 radical (unpaired) electrons. The van der Waals surface area contributed by atoms with E-state index in [-0.39, 0.29) is 23.8 Å². The maximum absolute atomic E-state index is 12.8. The Morgan fingerprint density at radius 1 is 0.950 bits per heavy atom. The van der Waals surface area contributed by atoms with Gasteiger partial charge >= 0.3 is 0 Å². The van der Waals surface area contributed by atoms with Crippen molar-refractivity contribution in [2.24, 2.45) is 10.1 Å². The smallest absolute Gasteiger partial charge is 0.283 e. The first kappa shape index (κ1) is 29.1. The van der Waals surface area contributed by atoms with Crippen LogP contribution in [-0.4, -0.2) is 40.2 Å². The van der Waals surface area contributed by atoms with Gasteiger partial charge in [0.15, 0.2) is 5.84 Å². The van der Waals surface area contributed by atoms with E-state index in [9.17, 15) is 4.79 Å². The molecule has 2 heterocycles. The lowest BCUT2D eigenvalue weighted by Crippen LogP contribution is -2.35. The Kier molecular flexibility index (Phi) is 9.12. The first-order valence-corrected chi connectivity index (χ1v) is 13.6. The number of aliphatic imine (C=N–C) groups is 1. The van der Waals surface area contributed by atoms with E-state index in [1.54, 1.807) is 6.08 Å². The third kappa shape index (κ3) is 6.46. The van der Waals surface area contributed by atoms with Crippen molar-refractivity contribution in [3.8, 4) is 11.5 Å². The number of amides is 1. The van der Waals surface area contributed by atoms with Crippen LogP contribution in [0.3, 0.4) is 0 Å². The second-order valence-corrected chi connectivity index (χ2v) is 10.7. The van der Waals surface area contributed by atoms with Crippen LogP contribution in [0.2, 0.25) is 0 Å². The fourth-order valence-corrected chi connectivity index (χ4v) is 5.08. The van der Waals surface area contributed by atoms with Crippen LogP contribution < -0.4 is 9.47 Å². The van der Waals surface area contributed by atoms with Crippen LogP contribution in [0.5, 0.6) is 11.5 Å². The second-order valence-electron chi connectivity index (χ2n) is 9.75. The minimum Gasteiger partial charge on any atom is -0.490 e. The van der Waals surface area contributed by atoms with Gasteiger partial charge in [0, 0.05) is 5.56 Å². The molecule has 0 atom stereocenters. The molecule has 0 aliphatic carbocycles. The van der Waals surface area contributed by atoms with Crippen LogP contribution >= 0.6 is 24.2 Å². The number of carbonyl (C=O) groups excluding carboxylic acids is 1. The van der Waals surface area contributed by atoms with Gasteiger partial charge in [0.25, 0.3) is 5.91 Å². The van der Waals surface area contributed by atoms with E-state index in [0.717, 1.165) is 28.0 Å². The zero-order valence-electron chi connectivity index (χ0n) is 22.8. The van der Waals surface area contributed by atoms with Gasteiger partial charge in [-0.2, -0.15) is 15.1 Å². The first-order chi connectivity index (χ1) is 18.8. The third-order valence-corrected chi connectivity index (χ3v) is 7.30. The summed E-state index contributed by atoms with van der Waals surface area (Å²) >= 11 is 1.29. The molecule has 9 heteroatoms. The molecule has 0 saturated heterocycles. The SMILES string of the molecule is Cc1ccc(C2=NN3C(=N)/C(=C\c4ccc(OCCOc5cc(C)ccc5C(C)C)cc4)C(=O)N=C3S2)cc1.Cl. The summed E-state index contributed by atoms with van der Waals surface area (Å²) in [6.07, 6.45) is 1.66. The van der Waals surface area contributed by atoms with E-state index in [1.807, 2.05) is 55.5 Å². The third-order valence-electron chi connectivity index (χ3n) is 6.34. The molecule has 0 unspecified atom stereocenters. The maximum atomic E-state index is 12.8. The van der Waals surface area contributed by atoms with E-state index in [0.29, 0.717) is 35.1 Å². The number of amidine groups is 2. The predicted octanol–water partition coefficient (Wildman–Crippen LogP) is 6.97. The molecule has 0 saturated carbocycles. The van der Waals surface area contributed by atoms with Crippen molar-refractivity contribution >= 4 is 52.2 Å². The first-order valence-electron chi connectivity index (χ1n) is 12.8. The quantitative estimate of drug-likeness (QED) is 0.232. The number of nitrogens with one attached hydrogen (secondary N) is 1. The van der Waals surface area contributed by atoms with Gasteiger partial charge in [-0.15, -0.1) is 12.4 Å². The van der Waals surface area contributed by atoms with Crippen molar-refractivity contribution in [3.05, 3.63) is 100 Å². The molecule has 0 spiro atoms. The van der Waals surface area contributed by atoms with Gasteiger partial charge in [0.05, 0.1) is 5.57 Å². The molecule has 3 aromatic carbocycles. The Morgan fingerprint density at radius 3 is 2.33 bits per heavy atom. The topological polar surface area (TPSA) is 87.3 Å². The van der Waals surface area contributed by atoms with E-state index in [4.69, 9.17) is 14.9 Å². The largest absolute Gasteiger partial charge is 0.490 e. The zero-order valence-corrected chi connectivity index (χ0v) is 24.4. The number of benzene rings is 3. The van der Waals surface area contributed by atoms with Gasteiger partial charge in [0.2, 0.25) is 5.17 Å². The number of halogens is 1. The lowest BCUT2D eigenvalue weighted by molar-refractivity contribution is -0.114. The van der Waals surface area contributed by atoms with E-state index >= 15 is 0 Å². The molecule has 2 aliphatic heterocycles. The van der Waals surface area contributed by atoms with Crippen molar-refractivity contribution in [1.29, 1.82) is 5.41 Å². The van der Waals surface area contributed by atoms with Crippen molar-refractivity contribution in [2.45, 2.75) is 33.6 Å². The Hall–Kier alpha value is -3.88. The molecule has 5 rings (SSSR count). The summed E-state index contributed by atoms with van der Waals surface area (Å²) < 4.78 is 11.9. The molecule has 0 fully saturated rings. The van der Waals surface area contributed by atoms with Gasteiger partial charge in [-0.05, 0) is 72.5 Å². The maximum Gasteiger partial charge on any atom is 0.283 e. The molecule has 1 N–H and O–H groups in total. The highest BCUT2D eigenvalue weighted by Crippen LogP contribution is 2.31. The number of ether oxygens (including phenoxy) is 2. The van der Waals surface area contributed by atoms with Gasteiger partial charge in [0.1, 0.15) is 29.8 Å². The monoisotopic (exact) mass is 574 g/mol. The van der Waals surface area contributed by atoms with Gasteiger partial charge in [-0.1, -0.05) is 67.9 Å². The number of hydrazone groups is 1. The van der Waals surface area contributed by atoms with Crippen molar-refractivity contribution in [3.63, 3.8) is 0 Å². The number of hydrogen-bond acceptors (Lipinski definition) is 6. The lowest BCUT2D eigenvalue weighted by Gasteiger charge is -2.20. The highest BCUT2D eigenvalue weighted by molar-refractivity contribution is 8.27. The molecule has 206 valence electrons. The van der Waals surface area contributed by atoms with Gasteiger partial charge in [-0.25, -0.2) is 0 Å². The van der Waals surface area contributed by atoms with Crippen LogP contribution in [0.1, 0.15) is 47.6 Å². The zero-order chi connectivity index (χ0) is 27.5. The number of aryl methyl sites for hydroxylation is 2. The Balaban J connectivity index is 0.00000370. The van der Waals surface area contributed by atoms with Crippen LogP contribution in [0, 0.1) is 19.3 Å². The molecular weight excluding hydrogens is 544 g/mol. The highest BCUT2D eigenvalue weighted by atomic mass is 35.5. The second kappa shape index (κ2) is 12.5. The van der Waals surface area contributed by atoms with Crippen LogP contribution in [0.25, 0.3) is 6.08 Å². The summed E-state index contributed by atoms with van der Waals surface area (Å²) in [5.41, 5.74) is 5.37. The summed E-state index contributed by atoms with van der Waals surface area (Å²) in [4.78, 5) is 16.9. The van der Waals surface area contributed by atoms with Crippen molar-refractivity contribution in [2.75, 3.05) is 13.2 Å². The fourth-order valence-electron chi connectivity index (χ4n) is 4.19. The molecule has 0 bridgehead atoms. The number of rotatable bonds is 8. The molecule has 3 aromatic rings. The van der Waals surface area contributed by atoms with Crippen molar-refractivity contribution < 1.29 is 14.3 Å². The summed E-state index contributed by atoms with van der Waals surface area (Å²) in [5, 5.41) is 15.7. The van der Waals surface area contributed by atoms with E-state index < -0.39 is 5.91 Å². The minimum absolute atomic E-state index is 0. The van der Waals surface area contributed by atoms with Crippen LogP contribution in [0.4, 0.5) is 0 Å².